The van der Waals surface area contributed by atoms with Crippen molar-refractivity contribution in [2.24, 2.45) is 0 Å². The normalized spacial score (nSPS) is 13.8. The van der Waals surface area contributed by atoms with Gasteiger partial charge in [-0.3, -0.25) is 9.59 Å². The Morgan fingerprint density at radius 1 is 1.14 bits per heavy atom. The standard InChI is InChI=1S/C15H20FN3O2/c16-11-3-5-12(6-4-11)19-15(21)10-17-9-1-2-14(20)18-13-7-8-13/h3-6,13,17H,1-2,7-10H2,(H,18,20)(H,19,21). The molecule has 21 heavy (non-hydrogen) atoms. The first-order valence-corrected chi connectivity index (χ1v) is 7.19. The van der Waals surface area contributed by atoms with E-state index in [1.165, 1.54) is 24.3 Å². The summed E-state index contributed by atoms with van der Waals surface area (Å²) in [6, 6.07) is 6.00. The molecule has 1 aromatic carbocycles. The first-order chi connectivity index (χ1) is 10.1. The molecule has 2 rings (SSSR count). The summed E-state index contributed by atoms with van der Waals surface area (Å²) in [5.41, 5.74) is 0.562. The maximum Gasteiger partial charge on any atom is 0.238 e. The van der Waals surface area contributed by atoms with Crippen molar-refractivity contribution in [2.75, 3.05) is 18.4 Å². The van der Waals surface area contributed by atoms with Crippen LogP contribution in [-0.2, 0) is 9.59 Å². The van der Waals surface area contributed by atoms with Crippen molar-refractivity contribution in [3.05, 3.63) is 30.1 Å². The average molecular weight is 293 g/mol. The number of benzene rings is 1. The van der Waals surface area contributed by atoms with Gasteiger partial charge in [-0.25, -0.2) is 4.39 Å². The molecule has 1 aromatic rings. The lowest BCUT2D eigenvalue weighted by Gasteiger charge is -2.07. The van der Waals surface area contributed by atoms with Crippen LogP contribution >= 0.6 is 0 Å². The Morgan fingerprint density at radius 2 is 1.86 bits per heavy atom. The van der Waals surface area contributed by atoms with Crippen LogP contribution in [0.2, 0.25) is 0 Å². The summed E-state index contributed by atoms with van der Waals surface area (Å²) in [5.74, 6) is -0.449. The third-order valence-electron chi connectivity index (χ3n) is 3.11. The fourth-order valence-electron chi connectivity index (χ4n) is 1.84. The van der Waals surface area contributed by atoms with Crippen LogP contribution < -0.4 is 16.0 Å². The highest BCUT2D eigenvalue weighted by atomic mass is 19.1. The predicted molar refractivity (Wildman–Crippen MR) is 78.3 cm³/mol. The number of halogens is 1. The van der Waals surface area contributed by atoms with Gasteiger partial charge in [-0.1, -0.05) is 0 Å². The summed E-state index contributed by atoms with van der Waals surface area (Å²) >= 11 is 0. The molecule has 0 spiro atoms. The molecule has 0 unspecified atom stereocenters. The summed E-state index contributed by atoms with van der Waals surface area (Å²) < 4.78 is 12.7. The fraction of sp³-hybridized carbons (Fsp3) is 0.467. The van der Waals surface area contributed by atoms with Crippen LogP contribution in [0.15, 0.2) is 24.3 Å². The molecule has 6 heteroatoms. The Bertz CT molecular complexity index is 486. The van der Waals surface area contributed by atoms with Crippen molar-refractivity contribution < 1.29 is 14.0 Å². The van der Waals surface area contributed by atoms with Crippen LogP contribution in [-0.4, -0.2) is 30.9 Å². The van der Waals surface area contributed by atoms with Gasteiger partial charge in [0.15, 0.2) is 0 Å². The van der Waals surface area contributed by atoms with Crippen molar-refractivity contribution in [2.45, 2.75) is 31.7 Å². The molecule has 0 aliphatic heterocycles. The molecular weight excluding hydrogens is 273 g/mol. The third kappa shape index (κ3) is 6.35. The van der Waals surface area contributed by atoms with Gasteiger partial charge in [0.25, 0.3) is 0 Å². The SMILES string of the molecule is O=C(CNCCCC(=O)NC1CC1)Nc1ccc(F)cc1. The molecule has 0 radical (unpaired) electrons. The van der Waals surface area contributed by atoms with Crippen molar-refractivity contribution in [3.63, 3.8) is 0 Å². The molecule has 1 saturated carbocycles. The second-order valence-electron chi connectivity index (χ2n) is 5.18. The van der Waals surface area contributed by atoms with Crippen LogP contribution in [0.5, 0.6) is 0 Å². The number of anilines is 1. The number of hydrogen-bond acceptors (Lipinski definition) is 3. The van der Waals surface area contributed by atoms with Crippen molar-refractivity contribution in [1.82, 2.24) is 10.6 Å². The number of carbonyl (C=O) groups excluding carboxylic acids is 2. The minimum Gasteiger partial charge on any atom is -0.353 e. The van der Waals surface area contributed by atoms with E-state index in [2.05, 4.69) is 16.0 Å². The lowest BCUT2D eigenvalue weighted by Crippen LogP contribution is -2.30. The third-order valence-corrected chi connectivity index (χ3v) is 3.11. The minimum atomic E-state index is -0.337. The summed E-state index contributed by atoms with van der Waals surface area (Å²) in [7, 11) is 0. The molecule has 1 fully saturated rings. The molecule has 0 aromatic heterocycles. The van der Waals surface area contributed by atoms with E-state index in [4.69, 9.17) is 0 Å². The zero-order valence-corrected chi connectivity index (χ0v) is 11.8. The van der Waals surface area contributed by atoms with E-state index in [1.54, 1.807) is 0 Å². The van der Waals surface area contributed by atoms with E-state index in [-0.39, 0.29) is 24.2 Å². The number of carbonyl (C=O) groups is 2. The first-order valence-electron chi connectivity index (χ1n) is 7.19. The summed E-state index contributed by atoms with van der Waals surface area (Å²) in [4.78, 5) is 23.0. The number of nitrogens with one attached hydrogen (secondary N) is 3. The van der Waals surface area contributed by atoms with Crippen LogP contribution in [0.25, 0.3) is 0 Å². The Labute approximate surface area is 123 Å². The van der Waals surface area contributed by atoms with Gasteiger partial charge in [-0.2, -0.15) is 0 Å². The van der Waals surface area contributed by atoms with E-state index < -0.39 is 0 Å². The van der Waals surface area contributed by atoms with Crippen LogP contribution in [0, 0.1) is 5.82 Å². The fourth-order valence-corrected chi connectivity index (χ4v) is 1.84. The smallest absolute Gasteiger partial charge is 0.238 e. The quantitative estimate of drug-likeness (QED) is 0.635. The highest BCUT2D eigenvalue weighted by Crippen LogP contribution is 2.18. The molecule has 114 valence electrons. The van der Waals surface area contributed by atoms with Gasteiger partial charge >= 0.3 is 0 Å². The van der Waals surface area contributed by atoms with Gasteiger partial charge < -0.3 is 16.0 Å². The zero-order valence-electron chi connectivity index (χ0n) is 11.8. The van der Waals surface area contributed by atoms with Crippen LogP contribution in [0.4, 0.5) is 10.1 Å². The van der Waals surface area contributed by atoms with Gasteiger partial charge in [0.2, 0.25) is 11.8 Å². The van der Waals surface area contributed by atoms with E-state index in [0.717, 1.165) is 12.8 Å². The second-order valence-corrected chi connectivity index (χ2v) is 5.18. The van der Waals surface area contributed by atoms with Gasteiger partial charge in [-0.15, -0.1) is 0 Å². The lowest BCUT2D eigenvalue weighted by molar-refractivity contribution is -0.121. The minimum absolute atomic E-state index is 0.0788. The Hall–Kier alpha value is -1.95. The summed E-state index contributed by atoms with van der Waals surface area (Å²) in [5, 5.41) is 8.54. The van der Waals surface area contributed by atoms with Crippen LogP contribution in [0.3, 0.4) is 0 Å². The van der Waals surface area contributed by atoms with Gasteiger partial charge in [0.1, 0.15) is 5.82 Å². The van der Waals surface area contributed by atoms with Gasteiger partial charge in [0, 0.05) is 18.2 Å². The predicted octanol–water partition coefficient (Wildman–Crippen LogP) is 1.41. The van der Waals surface area contributed by atoms with Crippen molar-refractivity contribution in [1.29, 1.82) is 0 Å². The summed E-state index contributed by atoms with van der Waals surface area (Å²) in [6.07, 6.45) is 3.35. The summed E-state index contributed by atoms with van der Waals surface area (Å²) in [6.45, 7) is 0.774. The molecule has 2 amide bonds. The topological polar surface area (TPSA) is 70.2 Å². The molecule has 0 bridgehead atoms. The highest BCUT2D eigenvalue weighted by molar-refractivity contribution is 5.92. The number of rotatable bonds is 8. The maximum atomic E-state index is 12.7. The van der Waals surface area contributed by atoms with Crippen molar-refractivity contribution >= 4 is 17.5 Å². The molecule has 1 aliphatic carbocycles. The van der Waals surface area contributed by atoms with E-state index in [0.29, 0.717) is 31.1 Å². The lowest BCUT2D eigenvalue weighted by atomic mass is 10.3. The molecule has 1 aliphatic rings. The number of hydrogen-bond donors (Lipinski definition) is 3. The van der Waals surface area contributed by atoms with Crippen molar-refractivity contribution in [3.8, 4) is 0 Å². The Balaban J connectivity index is 1.52. The molecule has 0 heterocycles. The molecule has 0 saturated heterocycles. The molecule has 5 nitrogen and oxygen atoms in total. The van der Waals surface area contributed by atoms with Crippen LogP contribution in [0.1, 0.15) is 25.7 Å². The second kappa shape index (κ2) is 7.73. The van der Waals surface area contributed by atoms with E-state index >= 15 is 0 Å². The highest BCUT2D eigenvalue weighted by Gasteiger charge is 2.22. The number of amides is 2. The monoisotopic (exact) mass is 293 g/mol. The van der Waals surface area contributed by atoms with Gasteiger partial charge in [-0.05, 0) is 50.1 Å². The average Bonchev–Trinajstić information content (AvgIpc) is 3.25. The van der Waals surface area contributed by atoms with Gasteiger partial charge in [0.05, 0.1) is 6.54 Å². The molecular formula is C15H20FN3O2. The zero-order chi connectivity index (χ0) is 15.1. The Morgan fingerprint density at radius 3 is 2.52 bits per heavy atom. The van der Waals surface area contributed by atoms with E-state index in [1.807, 2.05) is 0 Å². The molecule has 3 N–H and O–H groups in total. The molecule has 0 atom stereocenters. The first kappa shape index (κ1) is 15.4. The largest absolute Gasteiger partial charge is 0.353 e. The Kier molecular flexibility index (Phi) is 5.68. The van der Waals surface area contributed by atoms with E-state index in [9.17, 15) is 14.0 Å². The maximum absolute atomic E-state index is 12.7.